The molecule has 9 heteroatoms. The van der Waals surface area contributed by atoms with E-state index in [0.717, 1.165) is 19.3 Å². The van der Waals surface area contributed by atoms with Gasteiger partial charge in [-0.1, -0.05) is 6.42 Å². The normalized spacial score (nSPS) is 16.2. The van der Waals surface area contributed by atoms with Crippen molar-refractivity contribution in [3.05, 3.63) is 27.8 Å². The zero-order chi connectivity index (χ0) is 17.2. The van der Waals surface area contributed by atoms with E-state index in [1.165, 1.54) is 25.1 Å². The number of rotatable bonds is 4. The lowest BCUT2D eigenvalue weighted by atomic mass is 10.1. The average molecular weight is 332 g/mol. The van der Waals surface area contributed by atoms with Crippen LogP contribution in [0.25, 0.3) is 0 Å². The lowest BCUT2D eigenvalue weighted by molar-refractivity contribution is -0.384. The van der Waals surface area contributed by atoms with Crippen molar-refractivity contribution in [2.24, 2.45) is 0 Å². The number of hydrazine groups is 1. The van der Waals surface area contributed by atoms with Crippen LogP contribution in [0.1, 0.15) is 24.8 Å². The average Bonchev–Trinajstić information content (AvgIpc) is 2.46. The largest absolute Gasteiger partial charge is 0.418 e. The second-order valence-electron chi connectivity index (χ2n) is 5.70. The molecule has 1 aliphatic rings. The Morgan fingerprint density at radius 3 is 2.30 bits per heavy atom. The van der Waals surface area contributed by atoms with Gasteiger partial charge < -0.3 is 10.3 Å². The molecule has 0 bridgehead atoms. The van der Waals surface area contributed by atoms with Crippen molar-refractivity contribution in [1.29, 1.82) is 0 Å². The highest BCUT2D eigenvalue weighted by Crippen LogP contribution is 2.41. The molecule has 0 saturated carbocycles. The van der Waals surface area contributed by atoms with E-state index in [0.29, 0.717) is 19.2 Å². The minimum Gasteiger partial charge on any atom is -0.377 e. The summed E-state index contributed by atoms with van der Waals surface area (Å²) in [6, 6.07) is 1.79. The summed E-state index contributed by atoms with van der Waals surface area (Å²) in [5.41, 5.74) is 1.28. The fraction of sp³-hybridized carbons (Fsp3) is 0.571. The quantitative estimate of drug-likeness (QED) is 0.675. The predicted molar refractivity (Wildman–Crippen MR) is 81.5 cm³/mol. The van der Waals surface area contributed by atoms with Crippen LogP contribution in [0.5, 0.6) is 0 Å². The van der Waals surface area contributed by atoms with Crippen LogP contribution < -0.4 is 10.3 Å². The molecule has 1 saturated heterocycles. The van der Waals surface area contributed by atoms with Gasteiger partial charge in [0.05, 0.1) is 16.2 Å². The molecule has 0 radical (unpaired) electrons. The molecule has 1 fully saturated rings. The monoisotopic (exact) mass is 332 g/mol. The SMILES string of the molecule is CN(C)c1cc(NN2CCCCC2)c([N+](=O)[O-])cc1C(F)(F)F. The Hall–Kier alpha value is -2.03. The summed E-state index contributed by atoms with van der Waals surface area (Å²) in [7, 11) is 2.95. The molecular weight excluding hydrogens is 313 g/mol. The van der Waals surface area contributed by atoms with Gasteiger partial charge in [0.25, 0.3) is 5.69 Å². The van der Waals surface area contributed by atoms with E-state index in [4.69, 9.17) is 0 Å². The summed E-state index contributed by atoms with van der Waals surface area (Å²) >= 11 is 0. The highest BCUT2D eigenvalue weighted by molar-refractivity contribution is 5.72. The topological polar surface area (TPSA) is 61.6 Å². The van der Waals surface area contributed by atoms with Crippen molar-refractivity contribution in [2.45, 2.75) is 25.4 Å². The van der Waals surface area contributed by atoms with Crippen LogP contribution >= 0.6 is 0 Å². The van der Waals surface area contributed by atoms with Crippen LogP contribution in [0.3, 0.4) is 0 Å². The Labute approximate surface area is 132 Å². The summed E-state index contributed by atoms with van der Waals surface area (Å²) in [6.07, 6.45) is -1.69. The second-order valence-corrected chi connectivity index (χ2v) is 5.70. The molecule has 23 heavy (non-hydrogen) atoms. The third kappa shape index (κ3) is 4.04. The number of nitro benzene ring substituents is 1. The van der Waals surface area contributed by atoms with Crippen molar-refractivity contribution in [3.63, 3.8) is 0 Å². The van der Waals surface area contributed by atoms with Gasteiger partial charge in [0.1, 0.15) is 5.69 Å². The molecule has 1 aliphatic heterocycles. The number of anilines is 2. The third-order valence-corrected chi connectivity index (χ3v) is 3.73. The smallest absolute Gasteiger partial charge is 0.377 e. The van der Waals surface area contributed by atoms with Crippen molar-refractivity contribution in [2.75, 3.05) is 37.5 Å². The van der Waals surface area contributed by atoms with Crippen LogP contribution in [-0.2, 0) is 6.18 Å². The van der Waals surface area contributed by atoms with E-state index >= 15 is 0 Å². The summed E-state index contributed by atoms with van der Waals surface area (Å²) in [5, 5.41) is 13.0. The van der Waals surface area contributed by atoms with Gasteiger partial charge in [0.2, 0.25) is 0 Å². The van der Waals surface area contributed by atoms with E-state index < -0.39 is 22.4 Å². The minimum atomic E-state index is -4.66. The Morgan fingerprint density at radius 1 is 1.22 bits per heavy atom. The van der Waals surface area contributed by atoms with Gasteiger partial charge in [-0.3, -0.25) is 10.1 Å². The molecule has 1 N–H and O–H groups in total. The van der Waals surface area contributed by atoms with Crippen molar-refractivity contribution in [1.82, 2.24) is 5.01 Å². The van der Waals surface area contributed by atoms with Gasteiger partial charge >= 0.3 is 6.18 Å². The lowest BCUT2D eigenvalue weighted by Gasteiger charge is -2.28. The molecule has 0 aliphatic carbocycles. The summed E-state index contributed by atoms with van der Waals surface area (Å²) in [4.78, 5) is 11.7. The first kappa shape index (κ1) is 17.3. The third-order valence-electron chi connectivity index (χ3n) is 3.73. The molecular formula is C14H19F3N4O2. The zero-order valence-electron chi connectivity index (χ0n) is 13.0. The van der Waals surface area contributed by atoms with E-state index in [-0.39, 0.29) is 11.4 Å². The number of hydrogen-bond donors (Lipinski definition) is 1. The first-order valence-electron chi connectivity index (χ1n) is 7.28. The van der Waals surface area contributed by atoms with Crippen molar-refractivity contribution >= 4 is 17.1 Å². The van der Waals surface area contributed by atoms with E-state index in [1.54, 1.807) is 5.01 Å². The van der Waals surface area contributed by atoms with Crippen LogP contribution in [-0.4, -0.2) is 37.1 Å². The maximum Gasteiger partial charge on any atom is 0.418 e. The molecule has 1 aromatic carbocycles. The zero-order valence-corrected chi connectivity index (χ0v) is 13.0. The Morgan fingerprint density at radius 2 is 1.83 bits per heavy atom. The predicted octanol–water partition coefficient (Wildman–Crippen LogP) is 3.49. The van der Waals surface area contributed by atoms with Crippen LogP contribution in [0.15, 0.2) is 12.1 Å². The van der Waals surface area contributed by atoms with Gasteiger partial charge in [-0.15, -0.1) is 0 Å². The lowest BCUT2D eigenvalue weighted by Crippen LogP contribution is -2.35. The Balaban J connectivity index is 2.47. The maximum atomic E-state index is 13.2. The molecule has 6 nitrogen and oxygen atoms in total. The molecule has 0 spiro atoms. The van der Waals surface area contributed by atoms with Gasteiger partial charge in [0, 0.05) is 33.3 Å². The van der Waals surface area contributed by atoms with E-state index in [2.05, 4.69) is 5.43 Å². The van der Waals surface area contributed by atoms with Crippen molar-refractivity contribution in [3.8, 4) is 0 Å². The molecule has 0 atom stereocenters. The summed E-state index contributed by atoms with van der Waals surface area (Å²) < 4.78 is 39.5. The van der Waals surface area contributed by atoms with Crippen molar-refractivity contribution < 1.29 is 18.1 Å². The number of nitrogens with one attached hydrogen (secondary N) is 1. The fourth-order valence-electron chi connectivity index (χ4n) is 2.59. The fourth-order valence-corrected chi connectivity index (χ4v) is 2.59. The van der Waals surface area contributed by atoms with Crippen LogP contribution in [0.4, 0.5) is 30.2 Å². The Kier molecular flexibility index (Phi) is 4.98. The van der Waals surface area contributed by atoms with Gasteiger partial charge in [-0.05, 0) is 18.9 Å². The molecule has 0 amide bonds. The maximum absolute atomic E-state index is 13.2. The highest BCUT2D eigenvalue weighted by atomic mass is 19.4. The second kappa shape index (κ2) is 6.61. The number of nitro groups is 1. The number of alkyl halides is 3. The number of halogens is 3. The number of benzene rings is 1. The first-order valence-corrected chi connectivity index (χ1v) is 7.28. The highest BCUT2D eigenvalue weighted by Gasteiger charge is 2.37. The first-order chi connectivity index (χ1) is 10.7. The minimum absolute atomic E-state index is 0.0774. The van der Waals surface area contributed by atoms with Gasteiger partial charge in [-0.2, -0.15) is 13.2 Å². The standard InChI is InChI=1S/C14H19F3N4O2/c1-19(2)12-9-11(18-20-6-4-3-5-7-20)13(21(22)23)8-10(12)14(15,16)17/h8-9,18H,3-7H2,1-2H3. The molecule has 1 heterocycles. The Bertz CT molecular complexity index is 584. The molecule has 128 valence electrons. The molecule has 2 rings (SSSR count). The number of hydrogen-bond acceptors (Lipinski definition) is 5. The molecule has 0 unspecified atom stereocenters. The van der Waals surface area contributed by atoms with Gasteiger partial charge in [-0.25, -0.2) is 5.01 Å². The molecule has 0 aromatic heterocycles. The summed E-state index contributed by atoms with van der Waals surface area (Å²) in [6.45, 7) is 1.41. The van der Waals surface area contributed by atoms with Crippen LogP contribution in [0, 0.1) is 10.1 Å². The number of nitrogens with zero attached hydrogens (tertiary/aromatic N) is 3. The number of piperidine rings is 1. The molecule has 1 aromatic rings. The van der Waals surface area contributed by atoms with E-state index in [1.807, 2.05) is 0 Å². The van der Waals surface area contributed by atoms with Gasteiger partial charge in [0.15, 0.2) is 0 Å². The van der Waals surface area contributed by atoms with E-state index in [9.17, 15) is 23.3 Å². The summed E-state index contributed by atoms with van der Waals surface area (Å²) in [5.74, 6) is 0. The van der Waals surface area contributed by atoms with Crippen LogP contribution in [0.2, 0.25) is 0 Å².